The molecule has 0 atom stereocenters. The van der Waals surface area contributed by atoms with E-state index in [1.54, 1.807) is 23.1 Å². The minimum absolute atomic E-state index is 0.0219. The first-order valence-corrected chi connectivity index (χ1v) is 6.77. The molecule has 1 aromatic carbocycles. The van der Waals surface area contributed by atoms with E-state index in [1.165, 1.54) is 0 Å². The normalized spacial score (nSPS) is 16.6. The molecule has 0 spiro atoms. The molecule has 0 aromatic heterocycles. The van der Waals surface area contributed by atoms with E-state index in [4.69, 9.17) is 23.2 Å². The second-order valence-corrected chi connectivity index (χ2v) is 5.43. The molecule has 1 N–H and O–H groups in total. The van der Waals surface area contributed by atoms with E-state index in [0.29, 0.717) is 15.6 Å². The molecule has 0 aliphatic carbocycles. The third-order valence-electron chi connectivity index (χ3n) is 3.29. The number of halogens is 2. The van der Waals surface area contributed by atoms with Gasteiger partial charge in [0.05, 0.1) is 0 Å². The van der Waals surface area contributed by atoms with Gasteiger partial charge in [0.2, 0.25) is 0 Å². The Balaban J connectivity index is 2.14. The molecule has 18 heavy (non-hydrogen) atoms. The number of carbonyl (C=O) groups excluding carboxylic acids is 1. The number of piperidine rings is 1. The summed E-state index contributed by atoms with van der Waals surface area (Å²) >= 11 is 11.8. The number of hydrogen-bond acceptors (Lipinski definition) is 2. The fourth-order valence-electron chi connectivity index (χ4n) is 2.24. The third kappa shape index (κ3) is 3.16. The van der Waals surface area contributed by atoms with Crippen molar-refractivity contribution in [2.45, 2.75) is 18.9 Å². The predicted octanol–water partition coefficient (Wildman–Crippen LogP) is 2.82. The van der Waals surface area contributed by atoms with Gasteiger partial charge in [0.1, 0.15) is 0 Å². The molecule has 1 aliphatic heterocycles. The van der Waals surface area contributed by atoms with Crippen molar-refractivity contribution in [1.29, 1.82) is 0 Å². The maximum Gasteiger partial charge on any atom is 0.253 e. The first kappa shape index (κ1) is 13.7. The number of carbonyl (C=O) groups is 1. The Morgan fingerprint density at radius 2 is 1.78 bits per heavy atom. The summed E-state index contributed by atoms with van der Waals surface area (Å²) in [5.41, 5.74) is 0.550. The summed E-state index contributed by atoms with van der Waals surface area (Å²) in [4.78, 5) is 14.1. The zero-order valence-electron chi connectivity index (χ0n) is 10.2. The molecular weight excluding hydrogens is 271 g/mol. The molecule has 5 heteroatoms. The van der Waals surface area contributed by atoms with Crippen molar-refractivity contribution in [2.75, 3.05) is 20.1 Å². The lowest BCUT2D eigenvalue weighted by Gasteiger charge is -2.31. The molecule has 0 radical (unpaired) electrons. The molecule has 3 nitrogen and oxygen atoms in total. The quantitative estimate of drug-likeness (QED) is 0.907. The van der Waals surface area contributed by atoms with Crippen LogP contribution in [-0.4, -0.2) is 37.0 Å². The van der Waals surface area contributed by atoms with Crippen molar-refractivity contribution in [2.24, 2.45) is 0 Å². The zero-order valence-corrected chi connectivity index (χ0v) is 11.8. The number of hydrogen-bond donors (Lipinski definition) is 1. The van der Waals surface area contributed by atoms with E-state index in [2.05, 4.69) is 5.32 Å². The summed E-state index contributed by atoms with van der Waals surface area (Å²) in [7, 11) is 1.84. The topological polar surface area (TPSA) is 32.3 Å². The van der Waals surface area contributed by atoms with Crippen LogP contribution in [0.2, 0.25) is 10.0 Å². The van der Waals surface area contributed by atoms with Crippen LogP contribution in [0.25, 0.3) is 0 Å². The molecule has 1 aliphatic rings. The van der Waals surface area contributed by atoms with E-state index in [-0.39, 0.29) is 11.9 Å². The standard InChI is InChI=1S/C13H16Cl2N2O/c1-17(12-2-4-16-5-3-12)13(18)9-6-10(14)8-11(15)7-9/h6-8,12,16H,2-5H2,1H3. The summed E-state index contributed by atoms with van der Waals surface area (Å²) in [6, 6.07) is 5.24. The Morgan fingerprint density at radius 1 is 1.22 bits per heavy atom. The molecule has 98 valence electrons. The zero-order chi connectivity index (χ0) is 13.1. The lowest BCUT2D eigenvalue weighted by molar-refractivity contribution is 0.0703. The maximum atomic E-state index is 12.3. The molecule has 2 rings (SSSR count). The van der Waals surface area contributed by atoms with E-state index in [1.807, 2.05) is 7.05 Å². The van der Waals surface area contributed by atoms with Gasteiger partial charge in [-0.25, -0.2) is 0 Å². The van der Waals surface area contributed by atoms with Crippen LogP contribution in [0.5, 0.6) is 0 Å². The van der Waals surface area contributed by atoms with Gasteiger partial charge in [-0.3, -0.25) is 4.79 Å². The minimum Gasteiger partial charge on any atom is -0.339 e. The Morgan fingerprint density at radius 3 is 2.33 bits per heavy atom. The van der Waals surface area contributed by atoms with Gasteiger partial charge in [-0.1, -0.05) is 23.2 Å². The minimum atomic E-state index is -0.0219. The smallest absolute Gasteiger partial charge is 0.253 e. The van der Waals surface area contributed by atoms with Crippen LogP contribution < -0.4 is 5.32 Å². The van der Waals surface area contributed by atoms with Crippen molar-refractivity contribution in [3.8, 4) is 0 Å². The number of rotatable bonds is 2. The number of nitrogens with one attached hydrogen (secondary N) is 1. The van der Waals surface area contributed by atoms with Gasteiger partial charge in [-0.15, -0.1) is 0 Å². The largest absolute Gasteiger partial charge is 0.339 e. The molecule has 1 amide bonds. The summed E-state index contributed by atoms with van der Waals surface area (Å²) in [5, 5.41) is 4.27. The second-order valence-electron chi connectivity index (χ2n) is 4.56. The molecule has 1 heterocycles. The Kier molecular flexibility index (Phi) is 4.49. The molecule has 0 unspecified atom stereocenters. The highest BCUT2D eigenvalue weighted by molar-refractivity contribution is 6.35. The average molecular weight is 287 g/mol. The Bertz CT molecular complexity index is 424. The van der Waals surface area contributed by atoms with Gasteiger partial charge in [-0.05, 0) is 44.1 Å². The Labute approximate surface area is 117 Å². The first-order valence-electron chi connectivity index (χ1n) is 6.02. The van der Waals surface area contributed by atoms with Crippen LogP contribution >= 0.6 is 23.2 Å². The van der Waals surface area contributed by atoms with Crippen LogP contribution in [-0.2, 0) is 0 Å². The maximum absolute atomic E-state index is 12.3. The van der Waals surface area contributed by atoms with Crippen LogP contribution in [0.15, 0.2) is 18.2 Å². The van der Waals surface area contributed by atoms with Crippen LogP contribution in [0.4, 0.5) is 0 Å². The van der Waals surface area contributed by atoms with E-state index < -0.39 is 0 Å². The Hall–Kier alpha value is -0.770. The van der Waals surface area contributed by atoms with Gasteiger partial charge in [0.15, 0.2) is 0 Å². The van der Waals surface area contributed by atoms with Gasteiger partial charge < -0.3 is 10.2 Å². The molecule has 1 aromatic rings. The van der Waals surface area contributed by atoms with Crippen LogP contribution in [0, 0.1) is 0 Å². The summed E-state index contributed by atoms with van der Waals surface area (Å²) < 4.78 is 0. The SMILES string of the molecule is CN(C(=O)c1cc(Cl)cc(Cl)c1)C1CCNCC1. The fraction of sp³-hybridized carbons (Fsp3) is 0.462. The average Bonchev–Trinajstić information content (AvgIpc) is 2.37. The molecule has 1 fully saturated rings. The number of amides is 1. The lowest BCUT2D eigenvalue weighted by atomic mass is 10.0. The highest BCUT2D eigenvalue weighted by Gasteiger charge is 2.23. The van der Waals surface area contributed by atoms with Crippen molar-refractivity contribution in [3.63, 3.8) is 0 Å². The number of nitrogens with zero attached hydrogens (tertiary/aromatic N) is 1. The van der Waals surface area contributed by atoms with Crippen LogP contribution in [0.1, 0.15) is 23.2 Å². The van der Waals surface area contributed by atoms with Gasteiger partial charge >= 0.3 is 0 Å². The predicted molar refractivity (Wildman–Crippen MR) is 74.4 cm³/mol. The highest BCUT2D eigenvalue weighted by atomic mass is 35.5. The first-order chi connectivity index (χ1) is 8.58. The highest BCUT2D eigenvalue weighted by Crippen LogP contribution is 2.21. The molecule has 0 saturated carbocycles. The third-order valence-corrected chi connectivity index (χ3v) is 3.72. The second kappa shape index (κ2) is 5.91. The lowest BCUT2D eigenvalue weighted by Crippen LogP contribution is -2.43. The van der Waals surface area contributed by atoms with Crippen molar-refractivity contribution in [3.05, 3.63) is 33.8 Å². The molecule has 1 saturated heterocycles. The number of benzene rings is 1. The van der Waals surface area contributed by atoms with Crippen LogP contribution in [0.3, 0.4) is 0 Å². The van der Waals surface area contributed by atoms with Crippen molar-refractivity contribution >= 4 is 29.1 Å². The fourth-order valence-corrected chi connectivity index (χ4v) is 2.77. The van der Waals surface area contributed by atoms with Gasteiger partial charge in [0.25, 0.3) is 5.91 Å². The monoisotopic (exact) mass is 286 g/mol. The van der Waals surface area contributed by atoms with Crippen molar-refractivity contribution in [1.82, 2.24) is 10.2 Å². The summed E-state index contributed by atoms with van der Waals surface area (Å²) in [5.74, 6) is -0.0219. The molecular formula is C13H16Cl2N2O. The van der Waals surface area contributed by atoms with E-state index in [0.717, 1.165) is 25.9 Å². The van der Waals surface area contributed by atoms with E-state index in [9.17, 15) is 4.79 Å². The van der Waals surface area contributed by atoms with E-state index >= 15 is 0 Å². The summed E-state index contributed by atoms with van der Waals surface area (Å²) in [6.45, 7) is 1.91. The molecule has 0 bridgehead atoms. The van der Waals surface area contributed by atoms with Gasteiger partial charge in [-0.2, -0.15) is 0 Å². The summed E-state index contributed by atoms with van der Waals surface area (Å²) in [6.07, 6.45) is 1.97. The van der Waals surface area contributed by atoms with Crippen molar-refractivity contribution < 1.29 is 4.79 Å². The van der Waals surface area contributed by atoms with Gasteiger partial charge in [0, 0.05) is 28.7 Å².